The third-order valence-electron chi connectivity index (χ3n) is 3.94. The summed E-state index contributed by atoms with van der Waals surface area (Å²) in [6.07, 6.45) is 0. The van der Waals surface area contributed by atoms with Crippen LogP contribution in [0.15, 0.2) is 30.3 Å². The number of benzene rings is 1. The van der Waals surface area contributed by atoms with Gasteiger partial charge in [-0.2, -0.15) is 8.78 Å². The van der Waals surface area contributed by atoms with Crippen molar-refractivity contribution in [3.05, 3.63) is 41.7 Å². The number of ether oxygens (including phenoxy) is 2. The Morgan fingerprint density at radius 2 is 2.07 bits per heavy atom. The highest BCUT2D eigenvalue weighted by Crippen LogP contribution is 2.19. The van der Waals surface area contributed by atoms with E-state index in [1.807, 2.05) is 11.8 Å². The van der Waals surface area contributed by atoms with Crippen molar-refractivity contribution in [2.75, 3.05) is 36.5 Å². The molecule has 2 amide bonds. The lowest BCUT2D eigenvalue weighted by molar-refractivity contribution is -0.0497. The Morgan fingerprint density at radius 3 is 2.82 bits per heavy atom. The maximum Gasteiger partial charge on any atom is 0.387 e. The maximum absolute atomic E-state index is 12.3. The number of hydrogen-bond donors (Lipinski definition) is 2. The van der Waals surface area contributed by atoms with Gasteiger partial charge < -0.3 is 25.0 Å². The minimum absolute atomic E-state index is 0.0330. The molecule has 0 atom stereocenters. The number of anilines is 2. The van der Waals surface area contributed by atoms with Gasteiger partial charge in [0.25, 0.3) is 0 Å². The summed E-state index contributed by atoms with van der Waals surface area (Å²) in [5, 5.41) is 5.27. The highest BCUT2D eigenvalue weighted by Gasteiger charge is 2.15. The Hall–Kier alpha value is -3.01. The van der Waals surface area contributed by atoms with Gasteiger partial charge in [-0.1, -0.05) is 6.07 Å². The van der Waals surface area contributed by atoms with Crippen LogP contribution in [0.4, 0.5) is 25.2 Å². The van der Waals surface area contributed by atoms with E-state index in [0.717, 1.165) is 5.69 Å². The predicted octanol–water partition coefficient (Wildman–Crippen LogP) is 2.54. The summed E-state index contributed by atoms with van der Waals surface area (Å²) >= 11 is 0. The molecule has 0 spiro atoms. The number of urea groups is 1. The van der Waals surface area contributed by atoms with Crippen molar-refractivity contribution in [3.8, 4) is 5.75 Å². The zero-order chi connectivity index (χ0) is 19.9. The normalized spacial score (nSPS) is 14.1. The van der Waals surface area contributed by atoms with Crippen molar-refractivity contribution >= 4 is 17.7 Å². The summed E-state index contributed by atoms with van der Waals surface area (Å²) < 4.78 is 34.2. The lowest BCUT2D eigenvalue weighted by Crippen LogP contribution is -2.37. The van der Waals surface area contributed by atoms with E-state index in [1.54, 1.807) is 12.1 Å². The number of hydrogen-bond acceptors (Lipinski definition) is 6. The van der Waals surface area contributed by atoms with Crippen LogP contribution >= 0.6 is 0 Å². The molecular weight excluding hydrogens is 372 g/mol. The minimum Gasteiger partial charge on any atom is -0.435 e. The molecule has 3 rings (SSSR count). The van der Waals surface area contributed by atoms with Crippen LogP contribution in [0.3, 0.4) is 0 Å². The first-order valence-electron chi connectivity index (χ1n) is 8.76. The van der Waals surface area contributed by atoms with E-state index in [-0.39, 0.29) is 12.3 Å². The summed E-state index contributed by atoms with van der Waals surface area (Å²) in [6.45, 7) is 1.82. The largest absolute Gasteiger partial charge is 0.435 e. The average Bonchev–Trinajstić information content (AvgIpc) is 2.66. The van der Waals surface area contributed by atoms with Crippen molar-refractivity contribution in [3.63, 3.8) is 0 Å². The molecule has 2 aromatic rings. The molecule has 1 aliphatic heterocycles. The number of nitrogens with zero attached hydrogens (tertiary/aromatic N) is 3. The van der Waals surface area contributed by atoms with Gasteiger partial charge in [0.05, 0.1) is 25.5 Å². The molecule has 0 bridgehead atoms. The fourth-order valence-electron chi connectivity index (χ4n) is 2.71. The molecule has 28 heavy (non-hydrogen) atoms. The molecular formula is C18H21F2N5O3. The van der Waals surface area contributed by atoms with Gasteiger partial charge >= 0.3 is 12.6 Å². The molecule has 0 unspecified atom stereocenters. The van der Waals surface area contributed by atoms with Crippen molar-refractivity contribution in [1.29, 1.82) is 0 Å². The van der Waals surface area contributed by atoms with Crippen LogP contribution in [0.25, 0.3) is 0 Å². The molecule has 150 valence electrons. The monoisotopic (exact) mass is 393 g/mol. The van der Waals surface area contributed by atoms with E-state index < -0.39 is 12.6 Å². The third-order valence-corrected chi connectivity index (χ3v) is 3.94. The highest BCUT2D eigenvalue weighted by atomic mass is 19.3. The number of halogens is 2. The van der Waals surface area contributed by atoms with Crippen LogP contribution in [-0.2, 0) is 11.3 Å². The van der Waals surface area contributed by atoms with Crippen LogP contribution < -0.4 is 20.3 Å². The molecule has 2 N–H and O–H groups in total. The predicted molar refractivity (Wildman–Crippen MR) is 98.7 cm³/mol. The number of amides is 2. The summed E-state index contributed by atoms with van der Waals surface area (Å²) in [4.78, 5) is 23.1. The van der Waals surface area contributed by atoms with Gasteiger partial charge in [0, 0.05) is 30.5 Å². The summed E-state index contributed by atoms with van der Waals surface area (Å²) in [5.41, 5.74) is 1.80. The minimum atomic E-state index is -2.93. The first-order valence-corrected chi connectivity index (χ1v) is 8.76. The fourth-order valence-corrected chi connectivity index (χ4v) is 2.71. The molecule has 2 heterocycles. The molecule has 0 aliphatic carbocycles. The summed E-state index contributed by atoms with van der Waals surface area (Å²) in [7, 11) is 0. The van der Waals surface area contributed by atoms with Crippen LogP contribution in [0.2, 0.25) is 0 Å². The number of carbonyl (C=O) groups excluding carboxylic acids is 1. The molecule has 0 saturated carbocycles. The number of aryl methyl sites for hydroxylation is 1. The quantitative estimate of drug-likeness (QED) is 0.784. The second kappa shape index (κ2) is 9.27. The van der Waals surface area contributed by atoms with Crippen molar-refractivity contribution < 1.29 is 23.0 Å². The lowest BCUT2D eigenvalue weighted by atomic mass is 10.3. The highest BCUT2D eigenvalue weighted by molar-refractivity contribution is 5.89. The zero-order valence-corrected chi connectivity index (χ0v) is 15.3. The smallest absolute Gasteiger partial charge is 0.387 e. The number of alkyl halides is 2. The number of aromatic nitrogens is 2. The SMILES string of the molecule is Cc1cc(CNC(=O)Nc2cccc(OC(F)F)c2)nc(N2CCOCC2)n1. The van der Waals surface area contributed by atoms with Crippen LogP contribution in [-0.4, -0.2) is 48.9 Å². The Bertz CT molecular complexity index is 816. The molecule has 1 aromatic heterocycles. The van der Waals surface area contributed by atoms with Gasteiger partial charge in [-0.15, -0.1) is 0 Å². The Labute approximate surface area is 160 Å². The Morgan fingerprint density at radius 1 is 1.29 bits per heavy atom. The van der Waals surface area contributed by atoms with Gasteiger partial charge in [-0.25, -0.2) is 14.8 Å². The third kappa shape index (κ3) is 5.74. The Kier molecular flexibility index (Phi) is 6.53. The van der Waals surface area contributed by atoms with Gasteiger partial charge in [-0.3, -0.25) is 0 Å². The second-order valence-corrected chi connectivity index (χ2v) is 6.11. The van der Waals surface area contributed by atoms with Gasteiger partial charge in [0.1, 0.15) is 5.75 Å². The van der Waals surface area contributed by atoms with Crippen LogP contribution in [0, 0.1) is 6.92 Å². The molecule has 10 heteroatoms. The lowest BCUT2D eigenvalue weighted by Gasteiger charge is -2.27. The first kappa shape index (κ1) is 19.7. The molecule has 8 nitrogen and oxygen atoms in total. The topological polar surface area (TPSA) is 88.6 Å². The van der Waals surface area contributed by atoms with E-state index in [0.29, 0.717) is 43.6 Å². The van der Waals surface area contributed by atoms with Crippen molar-refractivity contribution in [2.24, 2.45) is 0 Å². The second-order valence-electron chi connectivity index (χ2n) is 6.11. The fraction of sp³-hybridized carbons (Fsp3) is 0.389. The summed E-state index contributed by atoms with van der Waals surface area (Å²) in [6, 6.07) is 7.09. The Balaban J connectivity index is 1.58. The zero-order valence-electron chi connectivity index (χ0n) is 15.3. The number of rotatable bonds is 6. The molecule has 1 saturated heterocycles. The van der Waals surface area contributed by atoms with Gasteiger partial charge in [0.15, 0.2) is 0 Å². The van der Waals surface area contributed by atoms with Crippen molar-refractivity contribution in [1.82, 2.24) is 15.3 Å². The molecule has 0 radical (unpaired) electrons. The van der Waals surface area contributed by atoms with Gasteiger partial charge in [-0.05, 0) is 25.1 Å². The van der Waals surface area contributed by atoms with Crippen LogP contribution in [0.5, 0.6) is 5.75 Å². The van der Waals surface area contributed by atoms with E-state index >= 15 is 0 Å². The van der Waals surface area contributed by atoms with Crippen molar-refractivity contribution in [2.45, 2.75) is 20.1 Å². The van der Waals surface area contributed by atoms with Gasteiger partial charge in [0.2, 0.25) is 5.95 Å². The van der Waals surface area contributed by atoms with E-state index in [2.05, 4.69) is 25.3 Å². The maximum atomic E-state index is 12.3. The number of morpholine rings is 1. The molecule has 1 aliphatic rings. The number of nitrogens with one attached hydrogen (secondary N) is 2. The van der Waals surface area contributed by atoms with Crippen LogP contribution in [0.1, 0.15) is 11.4 Å². The molecule has 1 fully saturated rings. The first-order chi connectivity index (χ1) is 13.5. The summed E-state index contributed by atoms with van der Waals surface area (Å²) in [5.74, 6) is 0.576. The standard InChI is InChI=1S/C18H21F2N5O3/c1-12-9-14(23-17(22-12)25-5-7-27-8-6-25)11-21-18(26)24-13-3-2-4-15(10-13)28-16(19)20/h2-4,9-10,16H,5-8,11H2,1H3,(H2,21,24,26). The number of carbonyl (C=O) groups is 1. The van der Waals surface area contributed by atoms with E-state index in [4.69, 9.17) is 4.74 Å². The van der Waals surface area contributed by atoms with E-state index in [9.17, 15) is 13.6 Å². The average molecular weight is 393 g/mol. The van der Waals surface area contributed by atoms with E-state index in [1.165, 1.54) is 18.2 Å². The molecule has 1 aromatic carbocycles.